The van der Waals surface area contributed by atoms with Crippen LogP contribution in [0.2, 0.25) is 0 Å². The summed E-state index contributed by atoms with van der Waals surface area (Å²) in [5.74, 6) is 0.758. The van der Waals surface area contributed by atoms with Gasteiger partial charge in [-0.25, -0.2) is 4.98 Å². The first-order valence-corrected chi connectivity index (χ1v) is 7.11. The molecule has 0 aliphatic rings. The highest BCUT2D eigenvalue weighted by molar-refractivity contribution is 7.18. The minimum atomic E-state index is -0.189. The molecule has 0 spiro atoms. The van der Waals surface area contributed by atoms with Crippen molar-refractivity contribution in [3.05, 3.63) is 29.1 Å². The number of amides is 1. The van der Waals surface area contributed by atoms with E-state index in [-0.39, 0.29) is 11.7 Å². The topological polar surface area (TPSA) is 71.7 Å². The van der Waals surface area contributed by atoms with Crippen LogP contribution >= 0.6 is 11.3 Å². The van der Waals surface area contributed by atoms with Crippen molar-refractivity contribution in [1.82, 2.24) is 4.98 Å². The first-order chi connectivity index (χ1) is 9.93. The number of thiazole rings is 1. The number of benzene rings is 1. The predicted octanol–water partition coefficient (Wildman–Crippen LogP) is 2.08. The lowest BCUT2D eigenvalue weighted by Crippen LogP contribution is -2.26. The molecule has 0 bridgehead atoms. The lowest BCUT2D eigenvalue weighted by atomic mass is 10.2. The molecule has 0 atom stereocenters. The predicted molar refractivity (Wildman–Crippen MR) is 86.6 cm³/mol. The molecule has 0 saturated heterocycles. The summed E-state index contributed by atoms with van der Waals surface area (Å²) in [6, 6.07) is 7.29. The number of hydrogen-bond acceptors (Lipinski definition) is 6. The maximum absolute atomic E-state index is 12.6. The molecular weight excluding hydrogens is 288 g/mol. The third kappa shape index (κ3) is 3.08. The zero-order chi connectivity index (χ0) is 15.6. The number of hydrogen-bond donors (Lipinski definition) is 1. The average Bonchev–Trinajstić information content (AvgIpc) is 2.88. The highest BCUT2D eigenvalue weighted by Crippen LogP contribution is 2.29. The van der Waals surface area contributed by atoms with E-state index in [1.807, 2.05) is 37.2 Å². The molecule has 1 aromatic carbocycles. The minimum Gasteiger partial charge on any atom is -0.497 e. The third-order valence-corrected chi connectivity index (χ3v) is 4.19. The summed E-state index contributed by atoms with van der Waals surface area (Å²) in [6.07, 6.45) is 0. The normalized spacial score (nSPS) is 10.3. The molecule has 0 saturated carbocycles. The Morgan fingerprint density at radius 2 is 2.05 bits per heavy atom. The molecule has 0 radical (unpaired) electrons. The molecule has 0 aliphatic carbocycles. The summed E-state index contributed by atoms with van der Waals surface area (Å²) >= 11 is 1.28. The quantitative estimate of drug-likeness (QED) is 0.936. The molecule has 112 valence electrons. The number of methoxy groups -OCH3 is 1. The van der Waals surface area contributed by atoms with Crippen molar-refractivity contribution in [1.29, 1.82) is 0 Å². The van der Waals surface area contributed by atoms with E-state index < -0.39 is 0 Å². The fourth-order valence-electron chi connectivity index (χ4n) is 1.75. The average molecular weight is 306 g/mol. The van der Waals surface area contributed by atoms with Gasteiger partial charge in [0.25, 0.3) is 5.91 Å². The van der Waals surface area contributed by atoms with E-state index in [0.29, 0.717) is 15.8 Å². The molecule has 0 unspecified atom stereocenters. The highest BCUT2D eigenvalue weighted by atomic mass is 32.1. The van der Waals surface area contributed by atoms with Crippen LogP contribution in [0, 0.1) is 0 Å². The molecule has 7 heteroatoms. The van der Waals surface area contributed by atoms with Gasteiger partial charge in [-0.05, 0) is 12.1 Å². The zero-order valence-corrected chi connectivity index (χ0v) is 13.3. The fourth-order valence-corrected chi connectivity index (χ4v) is 2.64. The summed E-state index contributed by atoms with van der Waals surface area (Å²) in [7, 11) is 7.01. The van der Waals surface area contributed by atoms with E-state index in [4.69, 9.17) is 10.5 Å². The molecule has 21 heavy (non-hydrogen) atoms. The van der Waals surface area contributed by atoms with Crippen molar-refractivity contribution in [3.8, 4) is 5.75 Å². The second kappa shape index (κ2) is 6.01. The molecule has 2 N–H and O–H groups in total. The number of carbonyl (C=O) groups excluding carboxylic acids is 1. The Labute approximate surface area is 127 Å². The van der Waals surface area contributed by atoms with Gasteiger partial charge in [0.2, 0.25) is 0 Å². The largest absolute Gasteiger partial charge is 0.497 e. The van der Waals surface area contributed by atoms with Gasteiger partial charge < -0.3 is 20.3 Å². The third-order valence-electron chi connectivity index (χ3n) is 2.96. The summed E-state index contributed by atoms with van der Waals surface area (Å²) in [5.41, 5.74) is 6.59. The molecule has 1 aromatic heterocycles. The maximum Gasteiger partial charge on any atom is 0.272 e. The Kier molecular flexibility index (Phi) is 4.32. The summed E-state index contributed by atoms with van der Waals surface area (Å²) in [4.78, 5) is 20.5. The first kappa shape index (κ1) is 15.1. The molecule has 1 amide bonds. The van der Waals surface area contributed by atoms with Crippen molar-refractivity contribution in [3.63, 3.8) is 0 Å². The highest BCUT2D eigenvalue weighted by Gasteiger charge is 2.21. The monoisotopic (exact) mass is 306 g/mol. The second-order valence-corrected chi connectivity index (χ2v) is 5.65. The fraction of sp³-hybridized carbons (Fsp3) is 0.286. The maximum atomic E-state index is 12.6. The number of rotatable bonds is 4. The number of carbonyl (C=O) groups is 1. The van der Waals surface area contributed by atoms with Crippen LogP contribution in [0.25, 0.3) is 0 Å². The van der Waals surface area contributed by atoms with Gasteiger partial charge in [-0.3, -0.25) is 4.79 Å². The van der Waals surface area contributed by atoms with E-state index in [0.717, 1.165) is 5.69 Å². The summed E-state index contributed by atoms with van der Waals surface area (Å²) in [6.45, 7) is 0. The van der Waals surface area contributed by atoms with Crippen molar-refractivity contribution in [2.75, 3.05) is 43.8 Å². The minimum absolute atomic E-state index is 0.189. The number of aromatic nitrogens is 1. The lowest BCUT2D eigenvalue weighted by molar-refractivity contribution is 0.0997. The molecule has 6 nitrogen and oxygen atoms in total. The SMILES string of the molecule is COc1cccc(N(C)C(=O)c2sc(N(C)C)nc2N)c1. The number of anilines is 3. The van der Waals surface area contributed by atoms with Gasteiger partial charge in [-0.1, -0.05) is 17.4 Å². The lowest BCUT2D eigenvalue weighted by Gasteiger charge is -2.17. The molecule has 0 fully saturated rings. The van der Waals surface area contributed by atoms with Gasteiger partial charge in [-0.2, -0.15) is 0 Å². The Morgan fingerprint density at radius 3 is 2.62 bits per heavy atom. The second-order valence-electron chi connectivity index (χ2n) is 4.67. The number of ether oxygens (including phenoxy) is 1. The van der Waals surface area contributed by atoms with Crippen LogP contribution < -0.4 is 20.3 Å². The van der Waals surface area contributed by atoms with Crippen LogP contribution in [0.3, 0.4) is 0 Å². The van der Waals surface area contributed by atoms with Gasteiger partial charge in [0.1, 0.15) is 16.4 Å². The Balaban J connectivity index is 2.30. The van der Waals surface area contributed by atoms with Crippen molar-refractivity contribution in [2.24, 2.45) is 0 Å². The van der Waals surface area contributed by atoms with Crippen LogP contribution in [0.15, 0.2) is 24.3 Å². The van der Waals surface area contributed by atoms with Crippen LogP contribution in [-0.2, 0) is 0 Å². The van der Waals surface area contributed by atoms with Crippen LogP contribution in [-0.4, -0.2) is 39.1 Å². The molecule has 1 heterocycles. The van der Waals surface area contributed by atoms with Gasteiger partial charge in [0, 0.05) is 32.9 Å². The first-order valence-electron chi connectivity index (χ1n) is 6.29. The van der Waals surface area contributed by atoms with Gasteiger partial charge in [0.05, 0.1) is 7.11 Å². The van der Waals surface area contributed by atoms with E-state index >= 15 is 0 Å². The molecule has 2 rings (SSSR count). The Hall–Kier alpha value is -2.28. The number of nitrogens with zero attached hydrogens (tertiary/aromatic N) is 3. The number of nitrogen functional groups attached to an aromatic ring is 1. The van der Waals surface area contributed by atoms with Crippen molar-refractivity contribution < 1.29 is 9.53 Å². The Morgan fingerprint density at radius 1 is 1.33 bits per heavy atom. The van der Waals surface area contributed by atoms with Crippen molar-refractivity contribution >= 4 is 33.9 Å². The van der Waals surface area contributed by atoms with Crippen LogP contribution in [0.4, 0.5) is 16.6 Å². The van der Waals surface area contributed by atoms with E-state index in [1.165, 1.54) is 16.2 Å². The smallest absolute Gasteiger partial charge is 0.272 e. The summed E-state index contributed by atoms with van der Waals surface area (Å²) < 4.78 is 5.17. The molecule has 2 aromatic rings. The molecular formula is C14H18N4O2S. The number of nitrogens with two attached hydrogens (primary N) is 1. The van der Waals surface area contributed by atoms with Gasteiger partial charge >= 0.3 is 0 Å². The van der Waals surface area contributed by atoms with E-state index in [2.05, 4.69) is 4.98 Å². The molecule has 0 aliphatic heterocycles. The van der Waals surface area contributed by atoms with E-state index in [1.54, 1.807) is 20.2 Å². The summed E-state index contributed by atoms with van der Waals surface area (Å²) in [5, 5.41) is 0.704. The van der Waals surface area contributed by atoms with Crippen LogP contribution in [0.1, 0.15) is 9.67 Å². The Bertz CT molecular complexity index is 654. The van der Waals surface area contributed by atoms with Crippen molar-refractivity contribution in [2.45, 2.75) is 0 Å². The van der Waals surface area contributed by atoms with Gasteiger partial charge in [0.15, 0.2) is 5.13 Å². The standard InChI is InChI=1S/C14H18N4O2S/c1-17(2)14-16-12(15)11(21-14)13(19)18(3)9-6-5-7-10(8-9)20-4/h5-8H,15H2,1-4H3. The zero-order valence-electron chi connectivity index (χ0n) is 12.5. The van der Waals surface area contributed by atoms with Gasteiger partial charge in [-0.15, -0.1) is 0 Å². The van der Waals surface area contributed by atoms with E-state index in [9.17, 15) is 4.79 Å². The van der Waals surface area contributed by atoms with Crippen LogP contribution in [0.5, 0.6) is 5.75 Å².